The Morgan fingerprint density at radius 3 is 2.19 bits per heavy atom. The van der Waals surface area contributed by atoms with Crippen molar-refractivity contribution in [3.8, 4) is 11.4 Å². The molecule has 1 aromatic carbocycles. The van der Waals surface area contributed by atoms with Crippen LogP contribution in [-0.2, 0) is 30.3 Å². The highest BCUT2D eigenvalue weighted by molar-refractivity contribution is 6.08. The van der Waals surface area contributed by atoms with Crippen LogP contribution in [0.15, 0.2) is 36.5 Å². The van der Waals surface area contributed by atoms with Gasteiger partial charge in [-0.05, 0) is 13.8 Å². The third-order valence-electron chi connectivity index (χ3n) is 3.77. The summed E-state index contributed by atoms with van der Waals surface area (Å²) in [6.45, 7) is 4.56. The first-order valence-corrected chi connectivity index (χ1v) is 8.65. The quantitative estimate of drug-likeness (QED) is 0.537. The third kappa shape index (κ3) is 4.72. The molecule has 0 aliphatic carbocycles. The monoisotopic (exact) mass is 373 g/mol. The van der Waals surface area contributed by atoms with Crippen molar-refractivity contribution < 1.29 is 23.9 Å². The van der Waals surface area contributed by atoms with E-state index in [1.54, 1.807) is 13.8 Å². The van der Waals surface area contributed by atoms with Crippen LogP contribution in [0.5, 0.6) is 0 Å². The van der Waals surface area contributed by atoms with Crippen LogP contribution in [0.4, 0.5) is 0 Å². The second-order valence-electron chi connectivity index (χ2n) is 5.83. The molecule has 0 bridgehead atoms. The molecule has 0 fully saturated rings. The van der Waals surface area contributed by atoms with Crippen molar-refractivity contribution in [2.45, 2.75) is 32.7 Å². The van der Waals surface area contributed by atoms with Crippen LogP contribution in [0.25, 0.3) is 11.4 Å². The van der Waals surface area contributed by atoms with Crippen LogP contribution in [0, 0.1) is 0 Å². The Morgan fingerprint density at radius 2 is 1.67 bits per heavy atom. The predicted octanol–water partition coefficient (Wildman–Crippen LogP) is 1.62. The molecule has 0 spiro atoms. The summed E-state index contributed by atoms with van der Waals surface area (Å²) in [6.07, 6.45) is 1.33. The number of aromatic amines is 1. The number of H-pyrrole nitrogens is 1. The highest BCUT2D eigenvalue weighted by atomic mass is 16.6. The van der Waals surface area contributed by atoms with Gasteiger partial charge in [-0.15, -0.1) is 0 Å². The Hall–Kier alpha value is -3.16. The zero-order valence-corrected chi connectivity index (χ0v) is 15.6. The third-order valence-corrected chi connectivity index (χ3v) is 3.77. The van der Waals surface area contributed by atoms with Crippen molar-refractivity contribution >= 4 is 17.8 Å². The van der Waals surface area contributed by atoms with Gasteiger partial charge in [0.2, 0.25) is 11.4 Å². The Balaban J connectivity index is 2.40. The largest absolute Gasteiger partial charge is 0.464 e. The van der Waals surface area contributed by atoms with Crippen molar-refractivity contribution in [1.82, 2.24) is 15.3 Å². The van der Waals surface area contributed by atoms with Gasteiger partial charge in [0, 0.05) is 30.8 Å². The van der Waals surface area contributed by atoms with Crippen molar-refractivity contribution in [2.24, 2.45) is 0 Å². The zero-order valence-electron chi connectivity index (χ0n) is 15.6. The number of carbonyl (C=O) groups is 3. The summed E-state index contributed by atoms with van der Waals surface area (Å²) in [5.74, 6) is -1.74. The molecule has 2 aromatic rings. The summed E-state index contributed by atoms with van der Waals surface area (Å²) < 4.78 is 10.1. The molecule has 1 amide bonds. The Kier molecular flexibility index (Phi) is 6.70. The lowest BCUT2D eigenvalue weighted by Gasteiger charge is -2.29. The molecule has 0 unspecified atom stereocenters. The van der Waals surface area contributed by atoms with Gasteiger partial charge in [0.25, 0.3) is 0 Å². The molecule has 27 heavy (non-hydrogen) atoms. The van der Waals surface area contributed by atoms with E-state index in [4.69, 9.17) is 9.47 Å². The summed E-state index contributed by atoms with van der Waals surface area (Å²) in [7, 11) is 0. The van der Waals surface area contributed by atoms with Gasteiger partial charge in [0.15, 0.2) is 0 Å². The first-order chi connectivity index (χ1) is 12.9. The molecule has 0 atom stereocenters. The van der Waals surface area contributed by atoms with Crippen LogP contribution in [0.3, 0.4) is 0 Å². The number of amides is 1. The van der Waals surface area contributed by atoms with Gasteiger partial charge >= 0.3 is 11.9 Å². The average molecular weight is 373 g/mol. The molecular weight excluding hydrogens is 350 g/mol. The van der Waals surface area contributed by atoms with Crippen molar-refractivity contribution in [2.75, 3.05) is 13.2 Å². The van der Waals surface area contributed by atoms with Crippen LogP contribution < -0.4 is 5.32 Å². The number of ether oxygens (including phenoxy) is 2. The van der Waals surface area contributed by atoms with E-state index in [0.717, 1.165) is 5.56 Å². The molecule has 0 aliphatic rings. The first-order valence-electron chi connectivity index (χ1n) is 8.65. The Morgan fingerprint density at radius 1 is 1.07 bits per heavy atom. The van der Waals surface area contributed by atoms with Gasteiger partial charge < -0.3 is 19.8 Å². The van der Waals surface area contributed by atoms with Gasteiger partial charge in [-0.3, -0.25) is 4.79 Å². The van der Waals surface area contributed by atoms with Gasteiger partial charge in [0.1, 0.15) is 5.82 Å². The van der Waals surface area contributed by atoms with Crippen molar-refractivity contribution in [1.29, 1.82) is 0 Å². The lowest BCUT2D eigenvalue weighted by atomic mass is 9.93. The molecule has 8 heteroatoms. The Labute approximate surface area is 157 Å². The van der Waals surface area contributed by atoms with E-state index in [0.29, 0.717) is 11.5 Å². The smallest absolute Gasteiger partial charge is 0.344 e. The molecule has 8 nitrogen and oxygen atoms in total. The van der Waals surface area contributed by atoms with E-state index in [2.05, 4.69) is 15.3 Å². The molecule has 144 valence electrons. The average Bonchev–Trinajstić information content (AvgIpc) is 3.10. The van der Waals surface area contributed by atoms with E-state index >= 15 is 0 Å². The molecule has 2 rings (SSSR count). The second kappa shape index (κ2) is 8.98. The number of nitrogens with zero attached hydrogens (tertiary/aromatic N) is 1. The lowest BCUT2D eigenvalue weighted by molar-refractivity contribution is -0.168. The van der Waals surface area contributed by atoms with E-state index in [-0.39, 0.29) is 19.6 Å². The standard InChI is InChI=1S/C19H23N3O5/c1-4-26-17(24)19(22-13(3)23,18(25)27-5-2)11-15-12-20-16(21-15)14-9-7-6-8-10-14/h6-10,12H,4-5,11H2,1-3H3,(H,20,21)(H,22,23). The summed E-state index contributed by atoms with van der Waals surface area (Å²) in [6, 6.07) is 9.38. The fraction of sp³-hybridized carbons (Fsp3) is 0.368. The summed E-state index contributed by atoms with van der Waals surface area (Å²) in [4.78, 5) is 44.4. The van der Waals surface area contributed by atoms with Gasteiger partial charge in [-0.1, -0.05) is 30.3 Å². The SMILES string of the molecule is CCOC(=O)C(Cc1cnc(-c2ccccc2)[nH]1)(NC(C)=O)C(=O)OCC. The van der Waals surface area contributed by atoms with Crippen LogP contribution in [0.2, 0.25) is 0 Å². The summed E-state index contributed by atoms with van der Waals surface area (Å²) in [5.41, 5.74) is -0.664. The van der Waals surface area contributed by atoms with E-state index in [1.807, 2.05) is 30.3 Å². The lowest BCUT2D eigenvalue weighted by Crippen LogP contribution is -2.62. The summed E-state index contributed by atoms with van der Waals surface area (Å²) in [5, 5.41) is 2.42. The second-order valence-corrected chi connectivity index (χ2v) is 5.83. The molecule has 0 aliphatic heterocycles. The minimum Gasteiger partial charge on any atom is -0.464 e. The number of benzene rings is 1. The highest BCUT2D eigenvalue weighted by Gasteiger charge is 2.50. The number of rotatable bonds is 8. The normalized spacial score (nSPS) is 10.9. The fourth-order valence-electron chi connectivity index (χ4n) is 2.66. The molecule has 1 heterocycles. The van der Waals surface area contributed by atoms with E-state index in [1.165, 1.54) is 13.1 Å². The number of nitrogens with one attached hydrogen (secondary N) is 2. The molecule has 0 radical (unpaired) electrons. The summed E-state index contributed by atoms with van der Waals surface area (Å²) >= 11 is 0. The molecule has 0 saturated heterocycles. The minimum absolute atomic E-state index is 0.0534. The van der Waals surface area contributed by atoms with Crippen molar-refractivity contribution in [3.05, 3.63) is 42.2 Å². The van der Waals surface area contributed by atoms with E-state index in [9.17, 15) is 14.4 Å². The Bertz CT molecular complexity index is 783. The molecule has 0 saturated carbocycles. The number of hydrogen-bond donors (Lipinski definition) is 2. The highest BCUT2D eigenvalue weighted by Crippen LogP contribution is 2.21. The maximum absolute atomic E-state index is 12.6. The molecule has 1 aromatic heterocycles. The minimum atomic E-state index is -1.99. The van der Waals surface area contributed by atoms with Crippen molar-refractivity contribution in [3.63, 3.8) is 0 Å². The van der Waals surface area contributed by atoms with E-state index < -0.39 is 23.4 Å². The number of imidazole rings is 1. The maximum Gasteiger partial charge on any atom is 0.344 e. The number of esters is 2. The van der Waals surface area contributed by atoms with Crippen LogP contribution >= 0.6 is 0 Å². The van der Waals surface area contributed by atoms with Crippen LogP contribution in [-0.4, -0.2) is 46.6 Å². The number of carbonyl (C=O) groups excluding carboxylic acids is 3. The topological polar surface area (TPSA) is 110 Å². The maximum atomic E-state index is 12.6. The van der Waals surface area contributed by atoms with Gasteiger partial charge in [0.05, 0.1) is 13.2 Å². The zero-order chi connectivity index (χ0) is 19.9. The predicted molar refractivity (Wildman–Crippen MR) is 97.5 cm³/mol. The molecule has 2 N–H and O–H groups in total. The fourth-order valence-corrected chi connectivity index (χ4v) is 2.66. The van der Waals surface area contributed by atoms with Gasteiger partial charge in [-0.25, -0.2) is 14.6 Å². The number of hydrogen-bond acceptors (Lipinski definition) is 6. The van der Waals surface area contributed by atoms with Gasteiger partial charge in [-0.2, -0.15) is 0 Å². The molecular formula is C19H23N3O5. The van der Waals surface area contributed by atoms with Crippen LogP contribution in [0.1, 0.15) is 26.5 Å². The number of aromatic nitrogens is 2. The first kappa shape index (κ1) is 20.2.